The lowest BCUT2D eigenvalue weighted by Crippen LogP contribution is -2.40. The molecule has 5 nitrogen and oxygen atoms in total. The third-order valence-corrected chi connectivity index (χ3v) is 5.47. The first-order valence-corrected chi connectivity index (χ1v) is 8.66. The molecule has 1 aromatic carbocycles. The number of pyridine rings is 1. The Morgan fingerprint density at radius 3 is 2.80 bits per heavy atom. The van der Waals surface area contributed by atoms with E-state index in [0.29, 0.717) is 6.42 Å². The maximum Gasteiger partial charge on any atom is 0.228 e. The highest BCUT2D eigenvalue weighted by molar-refractivity contribution is 5.98. The Kier molecular flexibility index (Phi) is 3.79. The molecule has 1 aromatic heterocycles. The van der Waals surface area contributed by atoms with Gasteiger partial charge in [-0.05, 0) is 42.5 Å². The lowest BCUT2D eigenvalue weighted by atomic mass is 9.90. The Hall–Kier alpha value is -2.69. The van der Waals surface area contributed by atoms with Gasteiger partial charge in [0.1, 0.15) is 0 Å². The minimum atomic E-state index is -0.311. The van der Waals surface area contributed by atoms with E-state index in [9.17, 15) is 9.59 Å². The molecular formula is C20H21N3O2. The van der Waals surface area contributed by atoms with Gasteiger partial charge in [-0.25, -0.2) is 0 Å². The summed E-state index contributed by atoms with van der Waals surface area (Å²) >= 11 is 0. The lowest BCUT2D eigenvalue weighted by molar-refractivity contribution is -0.136. The van der Waals surface area contributed by atoms with Gasteiger partial charge in [0.2, 0.25) is 11.8 Å². The summed E-state index contributed by atoms with van der Waals surface area (Å²) in [6, 6.07) is 11.7. The zero-order valence-electron chi connectivity index (χ0n) is 14.2. The van der Waals surface area contributed by atoms with Crippen LogP contribution < -0.4 is 5.32 Å². The molecule has 1 saturated carbocycles. The summed E-state index contributed by atoms with van der Waals surface area (Å²) in [5, 5.41) is 2.92. The Labute approximate surface area is 147 Å². The van der Waals surface area contributed by atoms with Gasteiger partial charge < -0.3 is 10.2 Å². The molecule has 1 atom stereocenters. The van der Waals surface area contributed by atoms with Gasteiger partial charge in [-0.2, -0.15) is 0 Å². The van der Waals surface area contributed by atoms with Crippen LogP contribution >= 0.6 is 0 Å². The fourth-order valence-corrected chi connectivity index (χ4v) is 3.74. The summed E-state index contributed by atoms with van der Waals surface area (Å²) in [4.78, 5) is 31.2. The number of carbonyl (C=O) groups is 2. The SMILES string of the molecule is CN(C(=O)CC1Cc2ccccc2NC1=O)C1(c2cccnc2)CC1. The zero-order chi connectivity index (χ0) is 17.4. The molecule has 4 rings (SSSR count). The van der Waals surface area contributed by atoms with Crippen molar-refractivity contribution in [2.45, 2.75) is 31.2 Å². The van der Waals surface area contributed by atoms with E-state index in [1.165, 1.54) is 0 Å². The Bertz CT molecular complexity index is 815. The van der Waals surface area contributed by atoms with Gasteiger partial charge in [0.05, 0.1) is 11.5 Å². The maximum atomic E-state index is 12.9. The van der Waals surface area contributed by atoms with E-state index in [1.807, 2.05) is 54.5 Å². The molecule has 5 heteroatoms. The second-order valence-corrected chi connectivity index (χ2v) is 6.98. The van der Waals surface area contributed by atoms with E-state index < -0.39 is 0 Å². The molecule has 25 heavy (non-hydrogen) atoms. The van der Waals surface area contributed by atoms with Gasteiger partial charge in [0.25, 0.3) is 0 Å². The van der Waals surface area contributed by atoms with E-state index >= 15 is 0 Å². The van der Waals surface area contributed by atoms with Gasteiger partial charge >= 0.3 is 0 Å². The molecule has 1 unspecified atom stereocenters. The van der Waals surface area contributed by atoms with Crippen molar-refractivity contribution in [2.24, 2.45) is 5.92 Å². The number of nitrogens with zero attached hydrogens (tertiary/aromatic N) is 2. The molecule has 0 bridgehead atoms. The average Bonchev–Trinajstić information content (AvgIpc) is 3.44. The number of hydrogen-bond donors (Lipinski definition) is 1. The average molecular weight is 335 g/mol. The topological polar surface area (TPSA) is 62.3 Å². The molecule has 0 saturated heterocycles. The number of carbonyl (C=O) groups excluding carboxylic acids is 2. The number of hydrogen-bond acceptors (Lipinski definition) is 3. The van der Waals surface area contributed by atoms with Crippen LogP contribution in [0.3, 0.4) is 0 Å². The number of aromatic nitrogens is 1. The molecule has 0 radical (unpaired) electrons. The second-order valence-electron chi connectivity index (χ2n) is 6.98. The van der Waals surface area contributed by atoms with Crippen LogP contribution in [0.25, 0.3) is 0 Å². The minimum absolute atomic E-state index is 0.0147. The van der Waals surface area contributed by atoms with Gasteiger partial charge in [0.15, 0.2) is 0 Å². The fourth-order valence-electron chi connectivity index (χ4n) is 3.74. The molecule has 1 N–H and O–H groups in total. The number of amides is 2. The van der Waals surface area contributed by atoms with Crippen molar-refractivity contribution in [2.75, 3.05) is 12.4 Å². The number of nitrogens with one attached hydrogen (secondary N) is 1. The van der Waals surface area contributed by atoms with Gasteiger partial charge in [-0.15, -0.1) is 0 Å². The normalized spacial score (nSPS) is 20.4. The van der Waals surface area contributed by atoms with Gasteiger partial charge in [-0.3, -0.25) is 14.6 Å². The zero-order valence-corrected chi connectivity index (χ0v) is 14.2. The minimum Gasteiger partial charge on any atom is -0.336 e. The highest BCUT2D eigenvalue weighted by Crippen LogP contribution is 2.50. The summed E-state index contributed by atoms with van der Waals surface area (Å²) in [5.74, 6) is -0.359. The van der Waals surface area contributed by atoms with Crippen LogP contribution in [0.2, 0.25) is 0 Å². The first-order valence-electron chi connectivity index (χ1n) is 8.66. The van der Waals surface area contributed by atoms with Crippen molar-refractivity contribution in [3.63, 3.8) is 0 Å². The molecule has 1 fully saturated rings. The lowest BCUT2D eigenvalue weighted by Gasteiger charge is -2.31. The molecule has 2 aromatic rings. The molecule has 2 aliphatic rings. The van der Waals surface area contributed by atoms with Crippen molar-refractivity contribution in [1.82, 2.24) is 9.88 Å². The van der Waals surface area contributed by atoms with Gasteiger partial charge in [0, 0.05) is 31.5 Å². The molecule has 1 aliphatic heterocycles. The number of rotatable bonds is 4. The van der Waals surface area contributed by atoms with Crippen LogP contribution in [-0.4, -0.2) is 28.7 Å². The monoisotopic (exact) mass is 335 g/mol. The molecule has 1 aliphatic carbocycles. The highest BCUT2D eigenvalue weighted by Gasteiger charge is 2.50. The predicted octanol–water partition coefficient (Wildman–Crippen LogP) is 2.73. The van der Waals surface area contributed by atoms with Crippen molar-refractivity contribution in [3.8, 4) is 0 Å². The molecule has 128 valence electrons. The van der Waals surface area contributed by atoms with Crippen LogP contribution in [0.4, 0.5) is 5.69 Å². The fraction of sp³-hybridized carbons (Fsp3) is 0.350. The van der Waals surface area contributed by atoms with Crippen molar-refractivity contribution in [3.05, 3.63) is 59.9 Å². The Morgan fingerprint density at radius 2 is 2.08 bits per heavy atom. The van der Waals surface area contributed by atoms with Crippen LogP contribution in [0.5, 0.6) is 0 Å². The van der Waals surface area contributed by atoms with Crippen LogP contribution in [-0.2, 0) is 21.5 Å². The smallest absolute Gasteiger partial charge is 0.228 e. The summed E-state index contributed by atoms with van der Waals surface area (Å²) < 4.78 is 0. The Morgan fingerprint density at radius 1 is 1.28 bits per heavy atom. The maximum absolute atomic E-state index is 12.9. The molecular weight excluding hydrogens is 314 g/mol. The summed E-state index contributed by atoms with van der Waals surface area (Å²) in [5.41, 5.74) is 2.79. The molecule has 2 amide bonds. The summed E-state index contributed by atoms with van der Waals surface area (Å²) in [7, 11) is 1.84. The first-order chi connectivity index (χ1) is 12.1. The van der Waals surface area contributed by atoms with E-state index in [2.05, 4.69) is 10.3 Å². The van der Waals surface area contributed by atoms with E-state index in [0.717, 1.165) is 29.7 Å². The summed E-state index contributed by atoms with van der Waals surface area (Å²) in [6.45, 7) is 0. The third kappa shape index (κ3) is 2.80. The van der Waals surface area contributed by atoms with Crippen LogP contribution in [0.1, 0.15) is 30.4 Å². The standard InChI is InChI=1S/C20H21N3O2/c1-23(20(8-9-20)16-6-4-10-21-13-16)18(24)12-15-11-14-5-2-3-7-17(14)22-19(15)25/h2-7,10,13,15H,8-9,11-12H2,1H3,(H,22,25). The number of benzene rings is 1. The quantitative estimate of drug-likeness (QED) is 0.934. The number of fused-ring (bicyclic) bond motifs is 1. The van der Waals surface area contributed by atoms with Crippen molar-refractivity contribution >= 4 is 17.5 Å². The number of para-hydroxylation sites is 1. The second kappa shape index (κ2) is 5.99. The first kappa shape index (κ1) is 15.8. The summed E-state index contributed by atoms with van der Waals surface area (Å²) in [6.07, 6.45) is 6.31. The van der Waals surface area contributed by atoms with Crippen molar-refractivity contribution < 1.29 is 9.59 Å². The van der Waals surface area contributed by atoms with E-state index in [1.54, 1.807) is 6.20 Å². The van der Waals surface area contributed by atoms with Crippen LogP contribution in [0, 0.1) is 5.92 Å². The van der Waals surface area contributed by atoms with E-state index in [-0.39, 0.29) is 29.7 Å². The third-order valence-electron chi connectivity index (χ3n) is 5.47. The predicted molar refractivity (Wildman–Crippen MR) is 94.8 cm³/mol. The molecule has 2 heterocycles. The Balaban J connectivity index is 1.48. The van der Waals surface area contributed by atoms with Crippen molar-refractivity contribution in [1.29, 1.82) is 0 Å². The van der Waals surface area contributed by atoms with E-state index in [4.69, 9.17) is 0 Å². The number of anilines is 1. The van der Waals surface area contributed by atoms with Crippen LogP contribution in [0.15, 0.2) is 48.8 Å². The molecule has 0 spiro atoms. The highest BCUT2D eigenvalue weighted by atomic mass is 16.2. The van der Waals surface area contributed by atoms with Gasteiger partial charge in [-0.1, -0.05) is 24.3 Å². The largest absolute Gasteiger partial charge is 0.336 e.